The van der Waals surface area contributed by atoms with Crippen LogP contribution in [0.5, 0.6) is 0 Å². The van der Waals surface area contributed by atoms with E-state index in [1.807, 2.05) is 24.3 Å². The highest BCUT2D eigenvalue weighted by molar-refractivity contribution is 9.10. The average Bonchev–Trinajstić information content (AvgIpc) is 2.37. The number of hydrogen-bond donors (Lipinski definition) is 2. The van der Waals surface area contributed by atoms with Crippen LogP contribution in [-0.2, 0) is 11.3 Å². The zero-order valence-corrected chi connectivity index (χ0v) is 12.5. The van der Waals surface area contributed by atoms with Crippen LogP contribution in [0.2, 0.25) is 0 Å². The predicted molar refractivity (Wildman–Crippen MR) is 78.8 cm³/mol. The van der Waals surface area contributed by atoms with E-state index in [9.17, 15) is 4.79 Å². The number of halogens is 2. The van der Waals surface area contributed by atoms with Crippen LogP contribution in [0.25, 0.3) is 0 Å². The van der Waals surface area contributed by atoms with Crippen LogP contribution in [0.1, 0.15) is 18.4 Å². The summed E-state index contributed by atoms with van der Waals surface area (Å²) < 4.78 is 1.05. The molecule has 1 aliphatic rings. The standard InChI is InChI=1S/C13H17BrN2O.ClH/c14-12-3-1-2-10(8-12)9-16-13(17)11-4-6-15-7-5-11;/h1-3,8,11,15H,4-7,9H2,(H,16,17);1H. The van der Waals surface area contributed by atoms with Crippen LogP contribution in [0.3, 0.4) is 0 Å². The van der Waals surface area contributed by atoms with Gasteiger partial charge in [-0.05, 0) is 43.6 Å². The maximum Gasteiger partial charge on any atom is 0.223 e. The van der Waals surface area contributed by atoms with E-state index in [1.54, 1.807) is 0 Å². The third kappa shape index (κ3) is 4.59. The topological polar surface area (TPSA) is 41.1 Å². The van der Waals surface area contributed by atoms with Gasteiger partial charge in [0, 0.05) is 16.9 Å². The minimum Gasteiger partial charge on any atom is -0.352 e. The van der Waals surface area contributed by atoms with Crippen molar-refractivity contribution >= 4 is 34.2 Å². The fourth-order valence-corrected chi connectivity index (χ4v) is 2.51. The molecule has 0 radical (unpaired) electrons. The number of hydrogen-bond acceptors (Lipinski definition) is 2. The van der Waals surface area contributed by atoms with Gasteiger partial charge in [0.05, 0.1) is 0 Å². The first-order chi connectivity index (χ1) is 8.25. The Kier molecular flexibility index (Phi) is 6.68. The molecule has 18 heavy (non-hydrogen) atoms. The molecule has 100 valence electrons. The maximum absolute atomic E-state index is 11.9. The molecular weight excluding hydrogens is 316 g/mol. The molecule has 0 bridgehead atoms. The number of carbonyl (C=O) groups is 1. The Labute approximate surface area is 122 Å². The molecule has 1 heterocycles. The summed E-state index contributed by atoms with van der Waals surface area (Å²) in [7, 11) is 0. The fraction of sp³-hybridized carbons (Fsp3) is 0.462. The van der Waals surface area contributed by atoms with Crippen LogP contribution in [0, 0.1) is 5.92 Å². The lowest BCUT2D eigenvalue weighted by atomic mass is 9.97. The highest BCUT2D eigenvalue weighted by Gasteiger charge is 2.20. The largest absolute Gasteiger partial charge is 0.352 e. The number of nitrogens with one attached hydrogen (secondary N) is 2. The van der Waals surface area contributed by atoms with Crippen LogP contribution < -0.4 is 10.6 Å². The van der Waals surface area contributed by atoms with Crippen molar-refractivity contribution in [2.75, 3.05) is 13.1 Å². The summed E-state index contributed by atoms with van der Waals surface area (Å²) in [5, 5.41) is 6.27. The molecule has 0 saturated carbocycles. The normalized spacial score (nSPS) is 15.8. The highest BCUT2D eigenvalue weighted by atomic mass is 79.9. The minimum absolute atomic E-state index is 0. The summed E-state index contributed by atoms with van der Waals surface area (Å²) >= 11 is 3.42. The molecule has 0 atom stereocenters. The second kappa shape index (κ2) is 7.77. The summed E-state index contributed by atoms with van der Waals surface area (Å²) in [6, 6.07) is 8.02. The van der Waals surface area contributed by atoms with Crippen molar-refractivity contribution in [1.82, 2.24) is 10.6 Å². The molecule has 1 aliphatic heterocycles. The number of rotatable bonds is 3. The first-order valence-corrected chi connectivity index (χ1v) is 6.78. The van der Waals surface area contributed by atoms with Gasteiger partial charge in [0.1, 0.15) is 0 Å². The monoisotopic (exact) mass is 332 g/mol. The van der Waals surface area contributed by atoms with Gasteiger partial charge in [-0.25, -0.2) is 0 Å². The van der Waals surface area contributed by atoms with E-state index >= 15 is 0 Å². The van der Waals surface area contributed by atoms with Gasteiger partial charge in [-0.3, -0.25) is 4.79 Å². The molecule has 5 heteroatoms. The third-order valence-electron chi connectivity index (χ3n) is 3.07. The number of piperidine rings is 1. The quantitative estimate of drug-likeness (QED) is 0.892. The Morgan fingerprint density at radius 1 is 1.39 bits per heavy atom. The zero-order chi connectivity index (χ0) is 12.1. The second-order valence-corrected chi connectivity index (χ2v) is 5.29. The first kappa shape index (κ1) is 15.5. The van der Waals surface area contributed by atoms with Gasteiger partial charge < -0.3 is 10.6 Å². The molecule has 2 N–H and O–H groups in total. The molecular formula is C13H18BrClN2O. The van der Waals surface area contributed by atoms with Crippen molar-refractivity contribution in [1.29, 1.82) is 0 Å². The van der Waals surface area contributed by atoms with E-state index in [4.69, 9.17) is 0 Å². The summed E-state index contributed by atoms with van der Waals surface area (Å²) in [5.41, 5.74) is 1.13. The summed E-state index contributed by atoms with van der Waals surface area (Å²) in [4.78, 5) is 11.9. The van der Waals surface area contributed by atoms with Crippen LogP contribution in [0.15, 0.2) is 28.7 Å². The lowest BCUT2D eigenvalue weighted by Gasteiger charge is -2.21. The van der Waals surface area contributed by atoms with Gasteiger partial charge in [-0.2, -0.15) is 0 Å². The third-order valence-corrected chi connectivity index (χ3v) is 3.56. The Hall–Kier alpha value is -0.580. The number of carbonyl (C=O) groups excluding carboxylic acids is 1. The minimum atomic E-state index is 0. The molecule has 1 fully saturated rings. The smallest absolute Gasteiger partial charge is 0.223 e. The molecule has 2 rings (SSSR count). The molecule has 0 aliphatic carbocycles. The van der Waals surface area contributed by atoms with Crippen LogP contribution in [-0.4, -0.2) is 19.0 Å². The van der Waals surface area contributed by atoms with Gasteiger partial charge in [0.25, 0.3) is 0 Å². The van der Waals surface area contributed by atoms with Crippen molar-refractivity contribution in [2.24, 2.45) is 5.92 Å². The summed E-state index contributed by atoms with van der Waals surface area (Å²) in [5.74, 6) is 0.370. The Bertz CT molecular complexity index is 394. The lowest BCUT2D eigenvalue weighted by molar-refractivity contribution is -0.125. The molecule has 1 saturated heterocycles. The van der Waals surface area contributed by atoms with Gasteiger partial charge in [-0.1, -0.05) is 28.1 Å². The summed E-state index contributed by atoms with van der Waals surface area (Å²) in [6.07, 6.45) is 1.90. The zero-order valence-electron chi connectivity index (χ0n) is 10.1. The lowest BCUT2D eigenvalue weighted by Crippen LogP contribution is -2.37. The van der Waals surface area contributed by atoms with Gasteiger partial charge >= 0.3 is 0 Å². The molecule has 1 aromatic rings. The van der Waals surface area contributed by atoms with Crippen molar-refractivity contribution in [2.45, 2.75) is 19.4 Å². The molecule has 3 nitrogen and oxygen atoms in total. The van der Waals surface area contributed by atoms with Crippen molar-refractivity contribution in [3.05, 3.63) is 34.3 Å². The van der Waals surface area contributed by atoms with Gasteiger partial charge in [-0.15, -0.1) is 12.4 Å². The molecule has 0 aromatic heterocycles. The van der Waals surface area contributed by atoms with E-state index in [-0.39, 0.29) is 24.2 Å². The van der Waals surface area contributed by atoms with E-state index in [0.29, 0.717) is 6.54 Å². The Morgan fingerprint density at radius 3 is 2.78 bits per heavy atom. The van der Waals surface area contributed by atoms with Crippen molar-refractivity contribution in [3.8, 4) is 0 Å². The molecule has 0 unspecified atom stereocenters. The van der Waals surface area contributed by atoms with E-state index in [2.05, 4.69) is 26.6 Å². The van der Waals surface area contributed by atoms with Crippen LogP contribution >= 0.6 is 28.3 Å². The van der Waals surface area contributed by atoms with Crippen molar-refractivity contribution < 1.29 is 4.79 Å². The van der Waals surface area contributed by atoms with E-state index < -0.39 is 0 Å². The van der Waals surface area contributed by atoms with Crippen molar-refractivity contribution in [3.63, 3.8) is 0 Å². The number of benzene rings is 1. The van der Waals surface area contributed by atoms with E-state index in [1.165, 1.54) is 0 Å². The first-order valence-electron chi connectivity index (χ1n) is 5.98. The molecule has 1 aromatic carbocycles. The van der Waals surface area contributed by atoms with Crippen LogP contribution in [0.4, 0.5) is 0 Å². The van der Waals surface area contributed by atoms with Gasteiger partial charge in [0.15, 0.2) is 0 Å². The Morgan fingerprint density at radius 2 is 2.11 bits per heavy atom. The predicted octanol–water partition coefficient (Wildman–Crippen LogP) is 2.49. The molecule has 1 amide bonds. The summed E-state index contributed by atoms with van der Waals surface area (Å²) in [6.45, 7) is 2.52. The van der Waals surface area contributed by atoms with E-state index in [0.717, 1.165) is 36.0 Å². The second-order valence-electron chi connectivity index (χ2n) is 4.37. The molecule has 0 spiro atoms. The highest BCUT2D eigenvalue weighted by Crippen LogP contribution is 2.13. The maximum atomic E-state index is 11.9. The fourth-order valence-electron chi connectivity index (χ4n) is 2.06. The number of amides is 1. The average molecular weight is 334 g/mol. The Balaban J connectivity index is 0.00000162. The SMILES string of the molecule is Cl.O=C(NCc1cccc(Br)c1)C1CCNCC1. The van der Waals surface area contributed by atoms with Gasteiger partial charge in [0.2, 0.25) is 5.91 Å².